The van der Waals surface area contributed by atoms with E-state index in [2.05, 4.69) is 15.2 Å². The normalized spacial score (nSPS) is 14.3. The third kappa shape index (κ3) is 4.12. The number of carbonyl (C=O) groups is 2. The van der Waals surface area contributed by atoms with E-state index in [4.69, 9.17) is 0 Å². The molecular formula is C18H19FN4O2. The average molecular weight is 342 g/mol. The molecule has 1 fully saturated rings. The van der Waals surface area contributed by atoms with Gasteiger partial charge in [0.1, 0.15) is 11.6 Å². The van der Waals surface area contributed by atoms with Gasteiger partial charge < -0.3 is 15.1 Å². The summed E-state index contributed by atoms with van der Waals surface area (Å²) in [5.74, 6) is 0.200. The van der Waals surface area contributed by atoms with Crippen LogP contribution in [0.2, 0.25) is 0 Å². The Morgan fingerprint density at radius 3 is 2.28 bits per heavy atom. The van der Waals surface area contributed by atoms with E-state index in [1.807, 2.05) is 11.0 Å². The van der Waals surface area contributed by atoms with E-state index in [0.29, 0.717) is 24.3 Å². The number of nitrogens with one attached hydrogen (secondary N) is 1. The maximum absolute atomic E-state index is 12.9. The van der Waals surface area contributed by atoms with Crippen LogP contribution in [-0.4, -0.2) is 47.9 Å². The number of halogens is 1. The molecule has 1 aliphatic heterocycles. The van der Waals surface area contributed by atoms with E-state index in [1.54, 1.807) is 19.2 Å². The number of rotatable bonds is 3. The number of amides is 2. The Kier molecular flexibility index (Phi) is 4.92. The maximum atomic E-state index is 12.9. The van der Waals surface area contributed by atoms with Crippen LogP contribution in [0.4, 0.5) is 15.9 Å². The first-order valence-electron chi connectivity index (χ1n) is 8.06. The van der Waals surface area contributed by atoms with E-state index in [1.165, 1.54) is 24.3 Å². The van der Waals surface area contributed by atoms with Gasteiger partial charge in [-0.3, -0.25) is 9.59 Å². The Bertz CT molecular complexity index is 754. The molecule has 7 heteroatoms. The van der Waals surface area contributed by atoms with Crippen molar-refractivity contribution in [2.24, 2.45) is 0 Å². The number of piperazine rings is 1. The van der Waals surface area contributed by atoms with Crippen molar-refractivity contribution in [3.05, 3.63) is 54.0 Å². The van der Waals surface area contributed by atoms with E-state index < -0.39 is 0 Å². The predicted octanol–water partition coefficient (Wildman–Crippen LogP) is 2.14. The highest BCUT2D eigenvalue weighted by Crippen LogP contribution is 2.17. The van der Waals surface area contributed by atoms with Crippen molar-refractivity contribution in [3.63, 3.8) is 0 Å². The Morgan fingerprint density at radius 2 is 1.72 bits per heavy atom. The van der Waals surface area contributed by atoms with Crippen LogP contribution in [0, 0.1) is 5.82 Å². The minimum absolute atomic E-state index is 0.0893. The van der Waals surface area contributed by atoms with Crippen LogP contribution in [-0.2, 0) is 4.79 Å². The molecule has 1 aliphatic rings. The van der Waals surface area contributed by atoms with Gasteiger partial charge in [0.2, 0.25) is 5.91 Å². The van der Waals surface area contributed by atoms with Crippen LogP contribution in [0.1, 0.15) is 17.3 Å². The number of hydrogen-bond donors (Lipinski definition) is 1. The highest BCUT2D eigenvalue weighted by molar-refractivity contribution is 6.04. The number of carbonyl (C=O) groups excluding carboxylic acids is 2. The minimum Gasteiger partial charge on any atom is -0.353 e. The third-order valence-corrected chi connectivity index (χ3v) is 4.16. The standard InChI is InChI=1S/C18H19FN4O2/c1-13(24)22-8-10-23(11-9-22)17-7-6-16(12-20-17)21-18(25)14-2-4-15(19)5-3-14/h2-7,12H,8-11H2,1H3,(H,21,25). The first-order valence-corrected chi connectivity index (χ1v) is 8.06. The molecule has 0 spiro atoms. The molecule has 0 radical (unpaired) electrons. The van der Waals surface area contributed by atoms with Crippen molar-refractivity contribution >= 4 is 23.3 Å². The van der Waals surface area contributed by atoms with E-state index >= 15 is 0 Å². The van der Waals surface area contributed by atoms with Gasteiger partial charge >= 0.3 is 0 Å². The van der Waals surface area contributed by atoms with Gasteiger partial charge in [-0.2, -0.15) is 0 Å². The largest absolute Gasteiger partial charge is 0.353 e. The van der Waals surface area contributed by atoms with E-state index in [9.17, 15) is 14.0 Å². The summed E-state index contributed by atoms with van der Waals surface area (Å²) in [6, 6.07) is 8.97. The summed E-state index contributed by atoms with van der Waals surface area (Å²) in [6.45, 7) is 4.40. The van der Waals surface area contributed by atoms with Gasteiger partial charge in [-0.25, -0.2) is 9.37 Å². The van der Waals surface area contributed by atoms with Crippen LogP contribution in [0.15, 0.2) is 42.6 Å². The fourth-order valence-corrected chi connectivity index (χ4v) is 2.70. The number of aromatic nitrogens is 1. The van der Waals surface area contributed by atoms with Gasteiger partial charge in [0, 0.05) is 38.7 Å². The molecule has 2 aromatic rings. The summed E-state index contributed by atoms with van der Waals surface area (Å²) in [5.41, 5.74) is 0.950. The predicted molar refractivity (Wildman–Crippen MR) is 93.1 cm³/mol. The number of nitrogens with zero attached hydrogens (tertiary/aromatic N) is 3. The second-order valence-electron chi connectivity index (χ2n) is 5.86. The second kappa shape index (κ2) is 7.29. The average Bonchev–Trinajstić information content (AvgIpc) is 2.63. The zero-order valence-electron chi connectivity index (χ0n) is 13.9. The lowest BCUT2D eigenvalue weighted by Gasteiger charge is -2.34. The highest BCUT2D eigenvalue weighted by atomic mass is 19.1. The zero-order chi connectivity index (χ0) is 17.8. The Hall–Kier alpha value is -2.96. The van der Waals surface area contributed by atoms with Gasteiger partial charge in [0.05, 0.1) is 11.9 Å². The van der Waals surface area contributed by atoms with Gasteiger partial charge in [-0.1, -0.05) is 0 Å². The zero-order valence-corrected chi connectivity index (χ0v) is 13.9. The molecule has 1 aromatic carbocycles. The van der Waals surface area contributed by atoms with E-state index in [0.717, 1.165) is 18.9 Å². The minimum atomic E-state index is -0.382. The molecule has 0 atom stereocenters. The molecule has 1 aromatic heterocycles. The summed E-state index contributed by atoms with van der Waals surface area (Å²) in [5, 5.41) is 2.73. The van der Waals surface area contributed by atoms with Crippen LogP contribution in [0.25, 0.3) is 0 Å². The lowest BCUT2D eigenvalue weighted by molar-refractivity contribution is -0.129. The smallest absolute Gasteiger partial charge is 0.255 e. The second-order valence-corrected chi connectivity index (χ2v) is 5.86. The molecule has 25 heavy (non-hydrogen) atoms. The lowest BCUT2D eigenvalue weighted by atomic mass is 10.2. The fraction of sp³-hybridized carbons (Fsp3) is 0.278. The lowest BCUT2D eigenvalue weighted by Crippen LogP contribution is -2.48. The van der Waals surface area contributed by atoms with Gasteiger partial charge in [0.25, 0.3) is 5.91 Å². The monoisotopic (exact) mass is 342 g/mol. The quantitative estimate of drug-likeness (QED) is 0.928. The van der Waals surface area contributed by atoms with Crippen molar-refractivity contribution in [2.45, 2.75) is 6.92 Å². The Morgan fingerprint density at radius 1 is 1.04 bits per heavy atom. The van der Waals surface area contributed by atoms with Crippen molar-refractivity contribution in [2.75, 3.05) is 36.4 Å². The molecule has 3 rings (SSSR count). The molecule has 2 heterocycles. The Labute approximate surface area is 145 Å². The summed E-state index contributed by atoms with van der Waals surface area (Å²) >= 11 is 0. The van der Waals surface area contributed by atoms with Crippen LogP contribution >= 0.6 is 0 Å². The first-order chi connectivity index (χ1) is 12.0. The van der Waals surface area contributed by atoms with Gasteiger partial charge in [0.15, 0.2) is 0 Å². The molecule has 0 saturated carbocycles. The number of pyridine rings is 1. The molecule has 6 nitrogen and oxygen atoms in total. The van der Waals surface area contributed by atoms with Crippen molar-refractivity contribution in [1.29, 1.82) is 0 Å². The van der Waals surface area contributed by atoms with E-state index in [-0.39, 0.29) is 17.6 Å². The molecule has 0 bridgehead atoms. The topological polar surface area (TPSA) is 65.5 Å². The third-order valence-electron chi connectivity index (χ3n) is 4.16. The van der Waals surface area contributed by atoms with Crippen LogP contribution < -0.4 is 10.2 Å². The van der Waals surface area contributed by atoms with Crippen molar-refractivity contribution in [3.8, 4) is 0 Å². The van der Waals surface area contributed by atoms with Gasteiger partial charge in [-0.05, 0) is 36.4 Å². The summed E-state index contributed by atoms with van der Waals surface area (Å²) in [7, 11) is 0. The van der Waals surface area contributed by atoms with Crippen LogP contribution in [0.5, 0.6) is 0 Å². The fourth-order valence-electron chi connectivity index (χ4n) is 2.70. The summed E-state index contributed by atoms with van der Waals surface area (Å²) < 4.78 is 12.9. The SMILES string of the molecule is CC(=O)N1CCN(c2ccc(NC(=O)c3ccc(F)cc3)cn2)CC1. The molecule has 1 N–H and O–H groups in total. The maximum Gasteiger partial charge on any atom is 0.255 e. The Balaban J connectivity index is 1.60. The van der Waals surface area contributed by atoms with Crippen LogP contribution in [0.3, 0.4) is 0 Å². The molecule has 2 amide bonds. The molecule has 0 aliphatic carbocycles. The highest BCUT2D eigenvalue weighted by Gasteiger charge is 2.19. The molecule has 1 saturated heterocycles. The number of anilines is 2. The summed E-state index contributed by atoms with van der Waals surface area (Å²) in [6.07, 6.45) is 1.59. The first kappa shape index (κ1) is 16.9. The van der Waals surface area contributed by atoms with Gasteiger partial charge in [-0.15, -0.1) is 0 Å². The number of hydrogen-bond acceptors (Lipinski definition) is 4. The number of benzene rings is 1. The van der Waals surface area contributed by atoms with Crippen molar-refractivity contribution in [1.82, 2.24) is 9.88 Å². The summed E-state index contributed by atoms with van der Waals surface area (Å²) in [4.78, 5) is 31.8. The molecule has 0 unspecified atom stereocenters. The molecular weight excluding hydrogens is 323 g/mol. The molecule has 130 valence electrons. The van der Waals surface area contributed by atoms with Crippen molar-refractivity contribution < 1.29 is 14.0 Å².